The molecule has 2 aromatic rings. The molecule has 0 aliphatic carbocycles. The Kier molecular flexibility index (Phi) is 2.92. The van der Waals surface area contributed by atoms with Crippen molar-refractivity contribution in [3.8, 4) is 0 Å². The number of hydrogen-bond donors (Lipinski definition) is 2. The Morgan fingerprint density at radius 1 is 1.25 bits per heavy atom. The highest BCUT2D eigenvalue weighted by molar-refractivity contribution is 6.33. The van der Waals surface area contributed by atoms with Crippen LogP contribution in [0.2, 0.25) is 5.02 Å². The Balaban J connectivity index is 2.27. The maximum absolute atomic E-state index is 12.8. The van der Waals surface area contributed by atoms with Crippen molar-refractivity contribution in [2.24, 2.45) is 0 Å². The van der Waals surface area contributed by atoms with Gasteiger partial charge in [0.05, 0.1) is 28.3 Å². The van der Waals surface area contributed by atoms with Crippen LogP contribution in [0.1, 0.15) is 0 Å². The summed E-state index contributed by atoms with van der Waals surface area (Å²) in [7, 11) is 0. The lowest BCUT2D eigenvalue weighted by atomic mass is 10.3. The number of rotatable bonds is 2. The fourth-order valence-electron chi connectivity index (χ4n) is 1.27. The van der Waals surface area contributed by atoms with E-state index in [-0.39, 0.29) is 5.82 Å². The standard InChI is InChI=1S/C11H9ClFN3/c12-10-3-7(13)1-2-11(10)16-9-4-8(14)5-15-6-9/h1-6,16H,14H2. The van der Waals surface area contributed by atoms with Crippen LogP contribution in [-0.2, 0) is 0 Å². The second-order valence-corrected chi connectivity index (χ2v) is 3.66. The zero-order valence-electron chi connectivity index (χ0n) is 8.24. The summed E-state index contributed by atoms with van der Waals surface area (Å²) in [6, 6.07) is 5.84. The number of nitrogens with zero attached hydrogens (tertiary/aromatic N) is 1. The largest absolute Gasteiger partial charge is 0.397 e. The summed E-state index contributed by atoms with van der Waals surface area (Å²) >= 11 is 5.87. The van der Waals surface area contributed by atoms with E-state index in [2.05, 4.69) is 10.3 Å². The van der Waals surface area contributed by atoms with Crippen LogP contribution in [0.5, 0.6) is 0 Å². The van der Waals surface area contributed by atoms with Crippen molar-refractivity contribution in [1.29, 1.82) is 0 Å². The Morgan fingerprint density at radius 3 is 2.75 bits per heavy atom. The first kappa shape index (κ1) is 10.7. The molecule has 5 heteroatoms. The average Bonchev–Trinajstić information content (AvgIpc) is 2.22. The third-order valence-electron chi connectivity index (χ3n) is 1.97. The van der Waals surface area contributed by atoms with Crippen LogP contribution in [0.4, 0.5) is 21.5 Å². The number of nitrogens with two attached hydrogens (primary N) is 1. The Morgan fingerprint density at radius 2 is 2.06 bits per heavy atom. The SMILES string of the molecule is Nc1cncc(Nc2ccc(F)cc2Cl)c1. The van der Waals surface area contributed by atoms with E-state index in [1.807, 2.05) is 0 Å². The summed E-state index contributed by atoms with van der Waals surface area (Å²) < 4.78 is 12.8. The van der Waals surface area contributed by atoms with E-state index in [0.29, 0.717) is 22.1 Å². The summed E-state index contributed by atoms with van der Waals surface area (Å²) in [4.78, 5) is 3.92. The third kappa shape index (κ3) is 2.41. The molecule has 0 bridgehead atoms. The van der Waals surface area contributed by atoms with E-state index >= 15 is 0 Å². The lowest BCUT2D eigenvalue weighted by Gasteiger charge is -2.08. The molecule has 1 heterocycles. The molecule has 0 radical (unpaired) electrons. The van der Waals surface area contributed by atoms with Gasteiger partial charge in [0.25, 0.3) is 0 Å². The highest BCUT2D eigenvalue weighted by atomic mass is 35.5. The maximum Gasteiger partial charge on any atom is 0.124 e. The molecule has 0 saturated carbocycles. The molecule has 1 aromatic carbocycles. The molecule has 0 aliphatic heterocycles. The minimum Gasteiger partial charge on any atom is -0.397 e. The van der Waals surface area contributed by atoms with Crippen LogP contribution >= 0.6 is 11.6 Å². The monoisotopic (exact) mass is 237 g/mol. The molecule has 1 aromatic heterocycles. The lowest BCUT2D eigenvalue weighted by Crippen LogP contribution is -1.94. The van der Waals surface area contributed by atoms with Crippen LogP contribution in [0.15, 0.2) is 36.7 Å². The van der Waals surface area contributed by atoms with Gasteiger partial charge in [0, 0.05) is 6.20 Å². The van der Waals surface area contributed by atoms with Crippen molar-refractivity contribution in [3.05, 3.63) is 47.5 Å². The number of nitrogen functional groups attached to an aromatic ring is 1. The second kappa shape index (κ2) is 4.37. The van der Waals surface area contributed by atoms with Gasteiger partial charge in [-0.25, -0.2) is 4.39 Å². The zero-order valence-corrected chi connectivity index (χ0v) is 9.00. The van der Waals surface area contributed by atoms with E-state index in [0.717, 1.165) is 0 Å². The van der Waals surface area contributed by atoms with Crippen molar-refractivity contribution in [2.45, 2.75) is 0 Å². The van der Waals surface area contributed by atoms with Gasteiger partial charge in [-0.15, -0.1) is 0 Å². The summed E-state index contributed by atoms with van der Waals surface area (Å²) in [5, 5.41) is 3.31. The predicted octanol–water partition coefficient (Wildman–Crippen LogP) is 3.20. The second-order valence-electron chi connectivity index (χ2n) is 3.26. The third-order valence-corrected chi connectivity index (χ3v) is 2.28. The average molecular weight is 238 g/mol. The van der Waals surface area contributed by atoms with Gasteiger partial charge in [0.1, 0.15) is 5.82 Å². The van der Waals surface area contributed by atoms with Gasteiger partial charge in [-0.05, 0) is 24.3 Å². The van der Waals surface area contributed by atoms with Gasteiger partial charge in [-0.1, -0.05) is 11.6 Å². The summed E-state index contributed by atoms with van der Waals surface area (Å²) in [5.74, 6) is -0.374. The molecular formula is C11H9ClFN3. The Hall–Kier alpha value is -1.81. The molecule has 0 saturated heterocycles. The number of hydrogen-bond acceptors (Lipinski definition) is 3. The van der Waals surface area contributed by atoms with Crippen LogP contribution in [-0.4, -0.2) is 4.98 Å². The molecular weight excluding hydrogens is 229 g/mol. The molecule has 3 N–H and O–H groups in total. The summed E-state index contributed by atoms with van der Waals surface area (Å²) in [6.07, 6.45) is 3.15. The number of nitrogens with one attached hydrogen (secondary N) is 1. The number of aromatic nitrogens is 1. The maximum atomic E-state index is 12.8. The van der Waals surface area contributed by atoms with Crippen LogP contribution in [0.3, 0.4) is 0 Å². The first-order valence-corrected chi connectivity index (χ1v) is 4.95. The minimum atomic E-state index is -0.374. The number of halogens is 2. The molecule has 0 aliphatic rings. The highest BCUT2D eigenvalue weighted by Gasteiger charge is 2.02. The molecule has 82 valence electrons. The fraction of sp³-hybridized carbons (Fsp3) is 0. The molecule has 2 rings (SSSR count). The van der Waals surface area contributed by atoms with Gasteiger partial charge < -0.3 is 11.1 Å². The fourth-order valence-corrected chi connectivity index (χ4v) is 1.49. The highest BCUT2D eigenvalue weighted by Crippen LogP contribution is 2.26. The van der Waals surface area contributed by atoms with Gasteiger partial charge in [-0.2, -0.15) is 0 Å². The molecule has 0 atom stereocenters. The van der Waals surface area contributed by atoms with Crippen molar-refractivity contribution in [1.82, 2.24) is 4.98 Å². The van der Waals surface area contributed by atoms with Crippen LogP contribution < -0.4 is 11.1 Å². The Labute approximate surface area is 97.1 Å². The Bertz CT molecular complexity index is 516. The zero-order chi connectivity index (χ0) is 11.5. The van der Waals surface area contributed by atoms with Crippen molar-refractivity contribution in [3.63, 3.8) is 0 Å². The van der Waals surface area contributed by atoms with E-state index in [1.165, 1.54) is 18.3 Å². The van der Waals surface area contributed by atoms with Gasteiger partial charge in [-0.3, -0.25) is 4.98 Å². The molecule has 0 fully saturated rings. The number of anilines is 3. The smallest absolute Gasteiger partial charge is 0.124 e. The summed E-state index contributed by atoms with van der Waals surface area (Å²) in [5.41, 5.74) is 7.43. The van der Waals surface area contributed by atoms with Crippen molar-refractivity contribution in [2.75, 3.05) is 11.1 Å². The van der Waals surface area contributed by atoms with Crippen LogP contribution in [0.25, 0.3) is 0 Å². The molecule has 0 spiro atoms. The summed E-state index contributed by atoms with van der Waals surface area (Å²) in [6.45, 7) is 0. The van der Waals surface area contributed by atoms with E-state index in [1.54, 1.807) is 18.3 Å². The first-order valence-electron chi connectivity index (χ1n) is 4.58. The van der Waals surface area contributed by atoms with Gasteiger partial charge in [0.15, 0.2) is 0 Å². The van der Waals surface area contributed by atoms with E-state index in [9.17, 15) is 4.39 Å². The van der Waals surface area contributed by atoms with Gasteiger partial charge in [0.2, 0.25) is 0 Å². The molecule has 0 amide bonds. The lowest BCUT2D eigenvalue weighted by molar-refractivity contribution is 0.628. The number of pyridine rings is 1. The van der Waals surface area contributed by atoms with Crippen LogP contribution in [0, 0.1) is 5.82 Å². The first-order chi connectivity index (χ1) is 7.65. The van der Waals surface area contributed by atoms with Crippen molar-refractivity contribution < 1.29 is 4.39 Å². The van der Waals surface area contributed by atoms with Gasteiger partial charge >= 0.3 is 0 Å². The van der Waals surface area contributed by atoms with Crippen molar-refractivity contribution >= 4 is 28.7 Å². The quantitative estimate of drug-likeness (QED) is 0.843. The molecule has 3 nitrogen and oxygen atoms in total. The predicted molar refractivity (Wildman–Crippen MR) is 63.3 cm³/mol. The molecule has 16 heavy (non-hydrogen) atoms. The van der Waals surface area contributed by atoms with E-state index in [4.69, 9.17) is 17.3 Å². The normalized spacial score (nSPS) is 10.1. The number of benzene rings is 1. The van der Waals surface area contributed by atoms with E-state index < -0.39 is 0 Å². The minimum absolute atomic E-state index is 0.308. The topological polar surface area (TPSA) is 50.9 Å². The molecule has 0 unspecified atom stereocenters.